The number of hydrogen-bond donors (Lipinski definition) is 1. The zero-order valence-corrected chi connectivity index (χ0v) is 12.3. The van der Waals surface area contributed by atoms with Gasteiger partial charge in [-0.2, -0.15) is 0 Å². The minimum atomic E-state index is -0.0940. The van der Waals surface area contributed by atoms with E-state index in [0.29, 0.717) is 11.2 Å². The van der Waals surface area contributed by atoms with Gasteiger partial charge in [-0.1, -0.05) is 39.3 Å². The summed E-state index contributed by atoms with van der Waals surface area (Å²) in [5, 5.41) is 3.92. The fraction of sp³-hybridized carbons (Fsp3) is 0.692. The van der Waals surface area contributed by atoms with Crippen molar-refractivity contribution in [1.82, 2.24) is 9.97 Å². The molecule has 0 aliphatic carbocycles. The Hall–Kier alpha value is -0.830. The summed E-state index contributed by atoms with van der Waals surface area (Å²) in [4.78, 5) is 8.94. The summed E-state index contributed by atoms with van der Waals surface area (Å²) in [5.41, 5.74) is 0.823. The van der Waals surface area contributed by atoms with Crippen molar-refractivity contribution < 1.29 is 0 Å². The van der Waals surface area contributed by atoms with Gasteiger partial charge in [-0.3, -0.25) is 0 Å². The Bertz CT molecular complexity index is 396. The van der Waals surface area contributed by atoms with Gasteiger partial charge in [0.25, 0.3) is 0 Å². The van der Waals surface area contributed by atoms with Crippen LogP contribution in [0.25, 0.3) is 0 Å². The molecule has 0 spiro atoms. The quantitative estimate of drug-likeness (QED) is 0.832. The fourth-order valence-corrected chi connectivity index (χ4v) is 1.47. The lowest BCUT2D eigenvalue weighted by Gasteiger charge is -2.21. The molecule has 0 aliphatic heterocycles. The van der Waals surface area contributed by atoms with Crippen molar-refractivity contribution in [3.05, 3.63) is 16.5 Å². The standard InChI is InChI=1S/C13H22ClN3/c1-7-8(2)15-11-9(3)10(14)16-12(17-11)13(4,5)6/h8H,7H2,1-6H3,(H,15,16,17). The van der Waals surface area contributed by atoms with Crippen LogP contribution in [0.3, 0.4) is 0 Å². The van der Waals surface area contributed by atoms with Crippen LogP contribution in [-0.4, -0.2) is 16.0 Å². The Labute approximate surface area is 109 Å². The molecule has 3 nitrogen and oxygen atoms in total. The van der Waals surface area contributed by atoms with Crippen LogP contribution in [0.1, 0.15) is 52.4 Å². The Morgan fingerprint density at radius 1 is 1.29 bits per heavy atom. The molecule has 0 aliphatic rings. The zero-order valence-electron chi connectivity index (χ0n) is 11.6. The summed E-state index contributed by atoms with van der Waals surface area (Å²) in [6.45, 7) is 12.5. The highest BCUT2D eigenvalue weighted by Gasteiger charge is 2.20. The van der Waals surface area contributed by atoms with E-state index in [1.54, 1.807) is 0 Å². The first-order valence-corrected chi connectivity index (χ1v) is 6.44. The largest absolute Gasteiger partial charge is 0.367 e. The normalized spacial score (nSPS) is 13.6. The van der Waals surface area contributed by atoms with Crippen molar-refractivity contribution in [2.75, 3.05) is 5.32 Å². The van der Waals surface area contributed by atoms with Crippen LogP contribution in [-0.2, 0) is 5.41 Å². The third-order valence-electron chi connectivity index (χ3n) is 2.75. The van der Waals surface area contributed by atoms with Gasteiger partial charge < -0.3 is 5.32 Å². The molecule has 96 valence electrons. The molecule has 1 aromatic rings. The van der Waals surface area contributed by atoms with Crippen LogP contribution in [0, 0.1) is 6.92 Å². The van der Waals surface area contributed by atoms with Gasteiger partial charge in [0.05, 0.1) is 0 Å². The molecular weight excluding hydrogens is 234 g/mol. The first-order valence-electron chi connectivity index (χ1n) is 6.06. The van der Waals surface area contributed by atoms with E-state index in [-0.39, 0.29) is 5.41 Å². The summed E-state index contributed by atoms with van der Waals surface area (Å²) < 4.78 is 0. The van der Waals surface area contributed by atoms with Crippen molar-refractivity contribution in [3.8, 4) is 0 Å². The molecule has 4 heteroatoms. The molecule has 17 heavy (non-hydrogen) atoms. The Balaban J connectivity index is 3.16. The van der Waals surface area contributed by atoms with Gasteiger partial charge in [-0.15, -0.1) is 0 Å². The van der Waals surface area contributed by atoms with Gasteiger partial charge in [0, 0.05) is 17.0 Å². The maximum Gasteiger partial charge on any atom is 0.137 e. The Morgan fingerprint density at radius 3 is 2.35 bits per heavy atom. The van der Waals surface area contributed by atoms with Crippen molar-refractivity contribution >= 4 is 17.4 Å². The lowest BCUT2D eigenvalue weighted by atomic mass is 9.95. The molecule has 0 saturated carbocycles. The minimum Gasteiger partial charge on any atom is -0.367 e. The number of rotatable bonds is 3. The van der Waals surface area contributed by atoms with Crippen LogP contribution < -0.4 is 5.32 Å². The van der Waals surface area contributed by atoms with Gasteiger partial charge in [-0.25, -0.2) is 9.97 Å². The van der Waals surface area contributed by atoms with E-state index in [2.05, 4.69) is 49.9 Å². The van der Waals surface area contributed by atoms with Gasteiger partial charge in [-0.05, 0) is 20.3 Å². The van der Waals surface area contributed by atoms with E-state index in [9.17, 15) is 0 Å². The summed E-state index contributed by atoms with van der Waals surface area (Å²) >= 11 is 6.16. The summed E-state index contributed by atoms with van der Waals surface area (Å²) in [6, 6.07) is 0.382. The zero-order chi connectivity index (χ0) is 13.2. The maximum atomic E-state index is 6.16. The molecule has 0 fully saturated rings. The van der Waals surface area contributed by atoms with Crippen LogP contribution in [0.5, 0.6) is 0 Å². The van der Waals surface area contributed by atoms with Crippen LogP contribution >= 0.6 is 11.6 Å². The molecule has 0 aromatic carbocycles. The SMILES string of the molecule is CCC(C)Nc1nc(C(C)(C)C)nc(Cl)c1C. The average molecular weight is 256 g/mol. The lowest BCUT2D eigenvalue weighted by molar-refractivity contribution is 0.544. The van der Waals surface area contributed by atoms with Crippen molar-refractivity contribution in [2.45, 2.75) is 59.4 Å². The van der Waals surface area contributed by atoms with Crippen molar-refractivity contribution in [3.63, 3.8) is 0 Å². The van der Waals surface area contributed by atoms with Crippen LogP contribution in [0.4, 0.5) is 5.82 Å². The number of aromatic nitrogens is 2. The smallest absolute Gasteiger partial charge is 0.137 e. The van der Waals surface area contributed by atoms with E-state index in [4.69, 9.17) is 11.6 Å². The minimum absolute atomic E-state index is 0.0940. The van der Waals surface area contributed by atoms with E-state index in [1.165, 1.54) is 0 Å². The van der Waals surface area contributed by atoms with E-state index in [0.717, 1.165) is 23.6 Å². The average Bonchev–Trinajstić information content (AvgIpc) is 2.22. The molecule has 1 aromatic heterocycles. The number of anilines is 1. The second-order valence-electron chi connectivity index (χ2n) is 5.52. The molecular formula is C13H22ClN3. The highest BCUT2D eigenvalue weighted by Crippen LogP contribution is 2.26. The third kappa shape index (κ3) is 3.56. The van der Waals surface area contributed by atoms with Gasteiger partial charge in [0.1, 0.15) is 16.8 Å². The van der Waals surface area contributed by atoms with Crippen molar-refractivity contribution in [2.24, 2.45) is 0 Å². The first-order chi connectivity index (χ1) is 7.75. The molecule has 1 heterocycles. The highest BCUT2D eigenvalue weighted by atomic mass is 35.5. The van der Waals surface area contributed by atoms with Crippen LogP contribution in [0.2, 0.25) is 5.15 Å². The molecule has 0 bridgehead atoms. The number of hydrogen-bond acceptors (Lipinski definition) is 3. The summed E-state index contributed by atoms with van der Waals surface area (Å²) in [6.07, 6.45) is 1.05. The molecule has 0 saturated heterocycles. The monoisotopic (exact) mass is 255 g/mol. The molecule has 1 unspecified atom stereocenters. The van der Waals surface area contributed by atoms with E-state index < -0.39 is 0 Å². The predicted octanol–water partition coefficient (Wildman–Crippen LogP) is 3.95. The number of nitrogens with one attached hydrogen (secondary N) is 1. The number of halogens is 1. The highest BCUT2D eigenvalue weighted by molar-refractivity contribution is 6.30. The molecule has 1 atom stereocenters. The topological polar surface area (TPSA) is 37.8 Å². The van der Waals surface area contributed by atoms with Gasteiger partial charge >= 0.3 is 0 Å². The lowest BCUT2D eigenvalue weighted by Crippen LogP contribution is -2.21. The third-order valence-corrected chi connectivity index (χ3v) is 3.12. The first kappa shape index (κ1) is 14.2. The van der Waals surface area contributed by atoms with E-state index >= 15 is 0 Å². The number of nitrogens with zero attached hydrogens (tertiary/aromatic N) is 2. The molecule has 1 N–H and O–H groups in total. The molecule has 1 rings (SSSR count). The molecule has 0 radical (unpaired) electrons. The predicted molar refractivity (Wildman–Crippen MR) is 73.9 cm³/mol. The van der Waals surface area contributed by atoms with Crippen molar-refractivity contribution in [1.29, 1.82) is 0 Å². The van der Waals surface area contributed by atoms with Crippen LogP contribution in [0.15, 0.2) is 0 Å². The summed E-state index contributed by atoms with van der Waals surface area (Å²) in [5.74, 6) is 1.63. The maximum absolute atomic E-state index is 6.16. The summed E-state index contributed by atoms with van der Waals surface area (Å²) in [7, 11) is 0. The molecule has 0 amide bonds. The Kier molecular flexibility index (Phi) is 4.36. The second kappa shape index (κ2) is 5.21. The second-order valence-corrected chi connectivity index (χ2v) is 5.87. The Morgan fingerprint density at radius 2 is 1.88 bits per heavy atom. The van der Waals surface area contributed by atoms with Gasteiger partial charge in [0.2, 0.25) is 0 Å². The van der Waals surface area contributed by atoms with E-state index in [1.807, 2.05) is 6.92 Å². The fourth-order valence-electron chi connectivity index (χ4n) is 1.30. The van der Waals surface area contributed by atoms with Gasteiger partial charge in [0.15, 0.2) is 0 Å².